The van der Waals surface area contributed by atoms with Crippen molar-refractivity contribution in [2.45, 2.75) is 39.0 Å². The SMILES string of the molecule is Cc1nc2c(c(CCC(=O)O)n1)CCC2. The minimum Gasteiger partial charge on any atom is -0.481 e. The van der Waals surface area contributed by atoms with Crippen molar-refractivity contribution in [2.75, 3.05) is 0 Å². The van der Waals surface area contributed by atoms with Gasteiger partial charge in [-0.15, -0.1) is 0 Å². The van der Waals surface area contributed by atoms with Gasteiger partial charge in [0.15, 0.2) is 0 Å². The molecule has 1 aromatic heterocycles. The number of rotatable bonds is 3. The zero-order valence-corrected chi connectivity index (χ0v) is 8.79. The van der Waals surface area contributed by atoms with Crippen LogP contribution in [0.5, 0.6) is 0 Å². The van der Waals surface area contributed by atoms with Gasteiger partial charge in [0, 0.05) is 17.8 Å². The summed E-state index contributed by atoms with van der Waals surface area (Å²) in [7, 11) is 0. The predicted molar refractivity (Wildman–Crippen MR) is 54.8 cm³/mol. The lowest BCUT2D eigenvalue weighted by atomic mass is 10.1. The smallest absolute Gasteiger partial charge is 0.303 e. The Morgan fingerprint density at radius 3 is 2.93 bits per heavy atom. The first-order valence-electron chi connectivity index (χ1n) is 5.24. The molecular formula is C11H14N2O2. The summed E-state index contributed by atoms with van der Waals surface area (Å²) >= 11 is 0. The molecule has 0 aromatic carbocycles. The van der Waals surface area contributed by atoms with E-state index in [0.29, 0.717) is 6.42 Å². The van der Waals surface area contributed by atoms with Crippen LogP contribution in [0.25, 0.3) is 0 Å². The van der Waals surface area contributed by atoms with Crippen molar-refractivity contribution >= 4 is 5.97 Å². The highest BCUT2D eigenvalue weighted by atomic mass is 16.4. The van der Waals surface area contributed by atoms with Crippen LogP contribution in [0.1, 0.15) is 35.6 Å². The third-order valence-electron chi connectivity index (χ3n) is 2.71. The largest absolute Gasteiger partial charge is 0.481 e. The van der Waals surface area contributed by atoms with E-state index in [1.54, 1.807) is 0 Å². The van der Waals surface area contributed by atoms with E-state index in [0.717, 1.165) is 36.5 Å². The first-order chi connectivity index (χ1) is 7.16. The van der Waals surface area contributed by atoms with Crippen molar-refractivity contribution in [2.24, 2.45) is 0 Å². The first-order valence-corrected chi connectivity index (χ1v) is 5.24. The Kier molecular flexibility index (Phi) is 2.66. The summed E-state index contributed by atoms with van der Waals surface area (Å²) in [6, 6.07) is 0. The van der Waals surface area contributed by atoms with E-state index >= 15 is 0 Å². The standard InChI is InChI=1S/C11H14N2O2/c1-7-12-9-4-2-3-8(9)10(13-7)5-6-11(14)15/h2-6H2,1H3,(H,14,15). The van der Waals surface area contributed by atoms with Crippen LogP contribution < -0.4 is 0 Å². The molecule has 1 aromatic rings. The van der Waals surface area contributed by atoms with Crippen molar-refractivity contribution in [3.63, 3.8) is 0 Å². The molecule has 80 valence electrons. The molecule has 0 amide bonds. The molecule has 0 saturated carbocycles. The molecule has 1 heterocycles. The monoisotopic (exact) mass is 206 g/mol. The fourth-order valence-electron chi connectivity index (χ4n) is 2.08. The zero-order chi connectivity index (χ0) is 10.8. The highest BCUT2D eigenvalue weighted by Crippen LogP contribution is 2.23. The van der Waals surface area contributed by atoms with Crippen LogP contribution in [0.2, 0.25) is 0 Å². The van der Waals surface area contributed by atoms with Crippen LogP contribution in [0.3, 0.4) is 0 Å². The average molecular weight is 206 g/mol. The summed E-state index contributed by atoms with van der Waals surface area (Å²) < 4.78 is 0. The Morgan fingerprint density at radius 2 is 2.20 bits per heavy atom. The molecule has 0 bridgehead atoms. The maximum Gasteiger partial charge on any atom is 0.303 e. The number of fused-ring (bicyclic) bond motifs is 1. The van der Waals surface area contributed by atoms with Gasteiger partial charge in [-0.1, -0.05) is 0 Å². The highest BCUT2D eigenvalue weighted by molar-refractivity contribution is 5.67. The molecule has 1 aliphatic carbocycles. The van der Waals surface area contributed by atoms with Gasteiger partial charge in [0.1, 0.15) is 5.82 Å². The Morgan fingerprint density at radius 1 is 1.40 bits per heavy atom. The molecule has 2 rings (SSSR count). The molecule has 0 saturated heterocycles. The Hall–Kier alpha value is -1.45. The third-order valence-corrected chi connectivity index (χ3v) is 2.71. The number of carboxylic acid groups (broad SMARTS) is 1. The van der Waals surface area contributed by atoms with Crippen molar-refractivity contribution in [3.8, 4) is 0 Å². The molecule has 15 heavy (non-hydrogen) atoms. The molecule has 4 nitrogen and oxygen atoms in total. The number of aliphatic carboxylic acids is 1. The second-order valence-corrected chi connectivity index (χ2v) is 3.89. The number of carboxylic acids is 1. The van der Waals surface area contributed by atoms with E-state index in [1.807, 2.05) is 6.92 Å². The van der Waals surface area contributed by atoms with E-state index in [4.69, 9.17) is 5.11 Å². The Bertz CT molecular complexity index is 402. The fraction of sp³-hybridized carbons (Fsp3) is 0.545. The topological polar surface area (TPSA) is 63.1 Å². The van der Waals surface area contributed by atoms with E-state index in [2.05, 4.69) is 9.97 Å². The van der Waals surface area contributed by atoms with Crippen molar-refractivity contribution < 1.29 is 9.90 Å². The van der Waals surface area contributed by atoms with Crippen LogP contribution in [-0.2, 0) is 24.1 Å². The van der Waals surface area contributed by atoms with Gasteiger partial charge in [0.25, 0.3) is 0 Å². The molecule has 0 unspecified atom stereocenters. The molecule has 1 N–H and O–H groups in total. The van der Waals surface area contributed by atoms with Crippen molar-refractivity contribution in [3.05, 3.63) is 22.8 Å². The summed E-state index contributed by atoms with van der Waals surface area (Å²) in [5, 5.41) is 8.65. The third kappa shape index (κ3) is 2.14. The lowest BCUT2D eigenvalue weighted by Crippen LogP contribution is -2.06. The molecule has 1 aliphatic rings. The number of hydrogen-bond donors (Lipinski definition) is 1. The minimum absolute atomic E-state index is 0.156. The van der Waals surface area contributed by atoms with Gasteiger partial charge < -0.3 is 5.11 Å². The maximum atomic E-state index is 10.5. The minimum atomic E-state index is -0.766. The molecule has 0 aliphatic heterocycles. The maximum absolute atomic E-state index is 10.5. The second kappa shape index (κ2) is 3.96. The van der Waals surface area contributed by atoms with Crippen LogP contribution in [0.15, 0.2) is 0 Å². The van der Waals surface area contributed by atoms with Crippen LogP contribution in [-0.4, -0.2) is 21.0 Å². The number of nitrogens with zero attached hydrogens (tertiary/aromatic N) is 2. The van der Waals surface area contributed by atoms with E-state index in [1.165, 1.54) is 5.56 Å². The summed E-state index contributed by atoms with van der Waals surface area (Å²) in [6.07, 6.45) is 3.82. The van der Waals surface area contributed by atoms with Crippen LogP contribution >= 0.6 is 0 Å². The van der Waals surface area contributed by atoms with Gasteiger partial charge >= 0.3 is 5.97 Å². The lowest BCUT2D eigenvalue weighted by molar-refractivity contribution is -0.136. The Labute approximate surface area is 88.4 Å². The molecule has 0 fully saturated rings. The molecule has 4 heteroatoms. The molecular weight excluding hydrogens is 192 g/mol. The predicted octanol–water partition coefficient (Wildman–Crippen LogP) is 1.29. The van der Waals surface area contributed by atoms with Gasteiger partial charge in [0.05, 0.1) is 6.42 Å². The number of aromatic nitrogens is 2. The summed E-state index contributed by atoms with van der Waals surface area (Å²) in [6.45, 7) is 1.86. The normalized spacial score (nSPS) is 13.9. The summed E-state index contributed by atoms with van der Waals surface area (Å²) in [5.41, 5.74) is 3.27. The van der Waals surface area contributed by atoms with Crippen molar-refractivity contribution in [1.82, 2.24) is 9.97 Å². The molecule has 0 atom stereocenters. The average Bonchev–Trinajstić information content (AvgIpc) is 2.61. The van der Waals surface area contributed by atoms with Gasteiger partial charge in [-0.2, -0.15) is 0 Å². The number of carbonyl (C=O) groups is 1. The number of aryl methyl sites for hydroxylation is 3. The van der Waals surface area contributed by atoms with Gasteiger partial charge in [-0.05, 0) is 31.7 Å². The van der Waals surface area contributed by atoms with Gasteiger partial charge in [-0.3, -0.25) is 4.79 Å². The summed E-state index contributed by atoms with van der Waals surface area (Å²) in [4.78, 5) is 19.2. The molecule has 0 radical (unpaired) electrons. The highest BCUT2D eigenvalue weighted by Gasteiger charge is 2.18. The van der Waals surface area contributed by atoms with Gasteiger partial charge in [0.2, 0.25) is 0 Å². The first kappa shape index (κ1) is 10.1. The van der Waals surface area contributed by atoms with E-state index in [9.17, 15) is 4.79 Å². The second-order valence-electron chi connectivity index (χ2n) is 3.89. The van der Waals surface area contributed by atoms with Crippen molar-refractivity contribution in [1.29, 1.82) is 0 Å². The van der Waals surface area contributed by atoms with E-state index in [-0.39, 0.29) is 6.42 Å². The summed E-state index contributed by atoms with van der Waals surface area (Å²) in [5.74, 6) is -0.00551. The lowest BCUT2D eigenvalue weighted by Gasteiger charge is -2.06. The Balaban J connectivity index is 2.26. The van der Waals surface area contributed by atoms with Gasteiger partial charge in [-0.25, -0.2) is 9.97 Å². The van der Waals surface area contributed by atoms with Crippen LogP contribution in [0.4, 0.5) is 0 Å². The fourth-order valence-corrected chi connectivity index (χ4v) is 2.08. The van der Waals surface area contributed by atoms with E-state index < -0.39 is 5.97 Å². The molecule has 0 spiro atoms. The zero-order valence-electron chi connectivity index (χ0n) is 8.79. The quantitative estimate of drug-likeness (QED) is 0.809. The number of hydrogen-bond acceptors (Lipinski definition) is 3. The van der Waals surface area contributed by atoms with Crippen LogP contribution in [0, 0.1) is 6.92 Å².